The minimum absolute atomic E-state index is 0.300. The number of hydrogen-bond donors (Lipinski definition) is 2. The highest BCUT2D eigenvalue weighted by molar-refractivity contribution is 6.14. The molecule has 0 bridgehead atoms. The predicted octanol–water partition coefficient (Wildman–Crippen LogP) is 1.06. The summed E-state index contributed by atoms with van der Waals surface area (Å²) in [5, 5.41) is 11.7. The number of benzene rings is 2. The van der Waals surface area contributed by atoms with Crippen molar-refractivity contribution >= 4 is 17.6 Å². The Morgan fingerprint density at radius 1 is 1.06 bits per heavy atom. The van der Waals surface area contributed by atoms with Gasteiger partial charge >= 0.3 is 0 Å². The first kappa shape index (κ1) is 25.6. The average molecular weight is 490 g/mol. The van der Waals surface area contributed by atoms with Gasteiger partial charge in [-0.1, -0.05) is 24.0 Å². The summed E-state index contributed by atoms with van der Waals surface area (Å²) in [4.78, 5) is 41.1. The van der Waals surface area contributed by atoms with E-state index in [-0.39, 0.29) is 0 Å². The third-order valence-corrected chi connectivity index (χ3v) is 7.11. The highest BCUT2D eigenvalue weighted by atomic mass is 16.5. The van der Waals surface area contributed by atoms with Gasteiger partial charge in [0.1, 0.15) is 6.61 Å². The Kier molecular flexibility index (Phi) is 7.27. The van der Waals surface area contributed by atoms with Crippen molar-refractivity contribution in [1.82, 2.24) is 15.1 Å². The van der Waals surface area contributed by atoms with Crippen LogP contribution in [0.1, 0.15) is 34.0 Å². The summed E-state index contributed by atoms with van der Waals surface area (Å²) in [7, 11) is 2.74. The molecule has 2 amide bonds. The smallest absolute Gasteiger partial charge is 0.254 e. The molecule has 2 N–H and O–H groups in total. The molecular formula is C28H31N3O5. The quantitative estimate of drug-likeness (QED) is 0.446. The number of likely N-dealkylation sites (N-methyl/N-ethyl adjacent to an activating group) is 2. The van der Waals surface area contributed by atoms with E-state index < -0.39 is 29.7 Å². The summed E-state index contributed by atoms with van der Waals surface area (Å²) in [6, 6.07) is 14.9. The molecular weight excluding hydrogens is 458 g/mol. The molecule has 2 aliphatic rings. The van der Waals surface area contributed by atoms with Gasteiger partial charge in [0.25, 0.3) is 11.8 Å². The third kappa shape index (κ3) is 4.91. The molecule has 0 aromatic heterocycles. The lowest BCUT2D eigenvalue weighted by Gasteiger charge is -2.55. The number of amides is 2. The van der Waals surface area contributed by atoms with Crippen molar-refractivity contribution in [2.75, 3.05) is 47.0 Å². The fraction of sp³-hybridized carbons (Fsp3) is 0.393. The molecule has 2 aromatic carbocycles. The second-order valence-electron chi connectivity index (χ2n) is 9.76. The first-order chi connectivity index (χ1) is 17.2. The lowest BCUT2D eigenvalue weighted by Crippen LogP contribution is -2.65. The number of carbonyl (C=O) groups excluding carboxylic acids is 3. The molecule has 4 rings (SSSR count). The number of ether oxygens (including phenoxy) is 1. The molecule has 2 aromatic rings. The maximum Gasteiger partial charge on any atom is 0.254 e. The second kappa shape index (κ2) is 10.2. The Morgan fingerprint density at radius 2 is 1.61 bits per heavy atom. The van der Waals surface area contributed by atoms with Crippen molar-refractivity contribution < 1.29 is 24.2 Å². The van der Waals surface area contributed by atoms with E-state index >= 15 is 0 Å². The molecule has 8 nitrogen and oxygen atoms in total. The van der Waals surface area contributed by atoms with Gasteiger partial charge in [0.15, 0.2) is 11.3 Å². The zero-order valence-corrected chi connectivity index (χ0v) is 20.8. The number of hydrogen-bond acceptors (Lipinski definition) is 6. The Morgan fingerprint density at radius 3 is 2.08 bits per heavy atom. The molecule has 8 heteroatoms. The van der Waals surface area contributed by atoms with E-state index in [4.69, 9.17) is 4.74 Å². The van der Waals surface area contributed by atoms with Gasteiger partial charge in [-0.25, -0.2) is 0 Å². The molecule has 0 unspecified atom stereocenters. The van der Waals surface area contributed by atoms with Gasteiger partial charge < -0.3 is 20.1 Å². The number of ketones is 1. The molecule has 1 atom stereocenters. The Balaban J connectivity index is 1.38. The van der Waals surface area contributed by atoms with Crippen LogP contribution in [0.15, 0.2) is 48.5 Å². The van der Waals surface area contributed by atoms with Crippen LogP contribution in [0.4, 0.5) is 0 Å². The van der Waals surface area contributed by atoms with Gasteiger partial charge in [0.2, 0.25) is 0 Å². The fourth-order valence-corrected chi connectivity index (χ4v) is 4.64. The van der Waals surface area contributed by atoms with E-state index in [1.807, 2.05) is 12.1 Å². The molecule has 0 saturated carbocycles. The molecule has 1 spiro atoms. The van der Waals surface area contributed by atoms with Gasteiger partial charge in [0, 0.05) is 55.8 Å². The van der Waals surface area contributed by atoms with Crippen molar-refractivity contribution in [1.29, 1.82) is 0 Å². The molecule has 0 aliphatic carbocycles. The van der Waals surface area contributed by atoms with E-state index in [2.05, 4.69) is 34.2 Å². The maximum absolute atomic E-state index is 13.0. The number of aliphatic hydroxyl groups is 1. The summed E-state index contributed by atoms with van der Waals surface area (Å²) >= 11 is 0. The summed E-state index contributed by atoms with van der Waals surface area (Å²) in [6.45, 7) is 5.38. The van der Waals surface area contributed by atoms with E-state index in [9.17, 15) is 19.5 Å². The predicted molar refractivity (Wildman–Crippen MR) is 134 cm³/mol. The Hall–Kier alpha value is -3.51. The van der Waals surface area contributed by atoms with E-state index in [1.165, 1.54) is 26.6 Å². The number of aliphatic hydroxyl groups excluding tert-OH is 1. The van der Waals surface area contributed by atoms with Crippen LogP contribution in [0.5, 0.6) is 0 Å². The summed E-state index contributed by atoms with van der Waals surface area (Å²) in [6.07, 6.45) is 0. The molecule has 2 fully saturated rings. The first-order valence-corrected chi connectivity index (χ1v) is 11.9. The fourth-order valence-electron chi connectivity index (χ4n) is 4.64. The lowest BCUT2D eigenvalue weighted by atomic mass is 9.78. The van der Waals surface area contributed by atoms with Crippen molar-refractivity contribution in [3.63, 3.8) is 0 Å². The van der Waals surface area contributed by atoms with Gasteiger partial charge in [-0.3, -0.25) is 19.3 Å². The second-order valence-corrected chi connectivity index (χ2v) is 9.76. The number of rotatable bonds is 7. The molecule has 0 radical (unpaired) electrons. The van der Waals surface area contributed by atoms with Gasteiger partial charge in [-0.05, 0) is 48.9 Å². The van der Waals surface area contributed by atoms with Crippen LogP contribution in [0.3, 0.4) is 0 Å². The van der Waals surface area contributed by atoms with Crippen LogP contribution in [0.25, 0.3) is 0 Å². The van der Waals surface area contributed by atoms with Crippen molar-refractivity contribution in [3.05, 3.63) is 70.8 Å². The molecule has 188 valence electrons. The third-order valence-electron chi connectivity index (χ3n) is 7.11. The topological polar surface area (TPSA) is 99.2 Å². The minimum Gasteiger partial charge on any atom is -0.388 e. The summed E-state index contributed by atoms with van der Waals surface area (Å²) in [5.41, 5.74) is 1.78. The zero-order chi connectivity index (χ0) is 25.9. The highest BCUT2D eigenvalue weighted by Crippen LogP contribution is 2.38. The molecule has 36 heavy (non-hydrogen) atoms. The number of likely N-dealkylation sites (tertiary alicyclic amines) is 1. The highest BCUT2D eigenvalue weighted by Gasteiger charge is 2.48. The van der Waals surface area contributed by atoms with Gasteiger partial charge in [-0.2, -0.15) is 0 Å². The average Bonchev–Trinajstić information content (AvgIpc) is 2.86. The molecule has 2 heterocycles. The summed E-state index contributed by atoms with van der Waals surface area (Å²) < 4.78 is 5.33. The van der Waals surface area contributed by atoms with Crippen molar-refractivity contribution in [2.45, 2.75) is 19.0 Å². The SMILES string of the molecule is CNC(=O)[C@@](C)(C(=O)CO)N(C)C(=O)c1ccc(C#Cc2ccc(CN3CC4(COC4)C3)cc2)cc1. The number of Topliss-reactive ketones (excluding diaryl/α,β-unsaturated/α-hetero) is 1. The first-order valence-electron chi connectivity index (χ1n) is 11.9. The Labute approximate surface area is 211 Å². The molecule has 2 saturated heterocycles. The minimum atomic E-state index is -1.83. The number of nitrogens with zero attached hydrogens (tertiary/aromatic N) is 2. The van der Waals surface area contributed by atoms with E-state index in [0.717, 1.165) is 48.9 Å². The van der Waals surface area contributed by atoms with Crippen LogP contribution in [-0.4, -0.2) is 85.0 Å². The van der Waals surface area contributed by atoms with Gasteiger partial charge in [0.05, 0.1) is 13.2 Å². The van der Waals surface area contributed by atoms with Crippen molar-refractivity contribution in [3.8, 4) is 11.8 Å². The van der Waals surface area contributed by atoms with Crippen LogP contribution < -0.4 is 5.32 Å². The Bertz CT molecular complexity index is 1180. The normalized spacial score (nSPS) is 17.6. The standard InChI is InChI=1S/C28H31N3O5/c1-27(24(33)15-32,26(35)29-2)30(3)25(34)23-12-10-21(11-13-23)5-4-20-6-8-22(9-7-20)14-31-16-28(17-31)18-36-19-28/h6-13,32H,14-19H2,1-3H3,(H,29,35)/t27-/m1/s1. The lowest BCUT2D eigenvalue weighted by molar-refractivity contribution is -0.191. The van der Waals surface area contributed by atoms with Crippen LogP contribution >= 0.6 is 0 Å². The van der Waals surface area contributed by atoms with Crippen LogP contribution in [-0.2, 0) is 20.9 Å². The van der Waals surface area contributed by atoms with Crippen LogP contribution in [0, 0.1) is 17.3 Å². The van der Waals surface area contributed by atoms with Crippen molar-refractivity contribution in [2.24, 2.45) is 5.41 Å². The number of nitrogens with one attached hydrogen (secondary N) is 1. The monoisotopic (exact) mass is 489 g/mol. The molecule has 2 aliphatic heterocycles. The van der Waals surface area contributed by atoms with E-state index in [1.54, 1.807) is 24.3 Å². The largest absolute Gasteiger partial charge is 0.388 e. The van der Waals surface area contributed by atoms with Crippen LogP contribution in [0.2, 0.25) is 0 Å². The van der Waals surface area contributed by atoms with Gasteiger partial charge in [-0.15, -0.1) is 0 Å². The number of carbonyl (C=O) groups is 3. The van der Waals surface area contributed by atoms with E-state index in [0.29, 0.717) is 11.0 Å². The summed E-state index contributed by atoms with van der Waals surface area (Å²) in [5.74, 6) is 4.28. The maximum atomic E-state index is 13.0. The zero-order valence-electron chi connectivity index (χ0n) is 20.8.